The van der Waals surface area contributed by atoms with Gasteiger partial charge in [0.25, 0.3) is 0 Å². The topological polar surface area (TPSA) is 140 Å². The summed E-state index contributed by atoms with van der Waals surface area (Å²) in [6, 6.07) is 4.69. The second kappa shape index (κ2) is 11.8. The van der Waals surface area contributed by atoms with Crippen molar-refractivity contribution in [2.45, 2.75) is 63.3 Å². The van der Waals surface area contributed by atoms with Crippen LogP contribution in [-0.4, -0.2) is 94.1 Å². The van der Waals surface area contributed by atoms with Crippen molar-refractivity contribution >= 4 is 25.3 Å². The number of halogens is 1. The van der Waals surface area contributed by atoms with E-state index in [-0.39, 0.29) is 43.1 Å². The zero-order valence-electron chi connectivity index (χ0n) is 21.9. The lowest BCUT2D eigenvalue weighted by atomic mass is 9.78. The van der Waals surface area contributed by atoms with Gasteiger partial charge in [-0.3, -0.25) is 23.9 Å². The van der Waals surface area contributed by atoms with Gasteiger partial charge in [0.1, 0.15) is 11.6 Å². The Bertz CT molecular complexity index is 1100. The summed E-state index contributed by atoms with van der Waals surface area (Å²) in [4.78, 5) is 49.6. The van der Waals surface area contributed by atoms with Gasteiger partial charge in [0, 0.05) is 38.8 Å². The van der Waals surface area contributed by atoms with Crippen molar-refractivity contribution in [3.63, 3.8) is 0 Å². The number of imide groups is 1. The van der Waals surface area contributed by atoms with Crippen molar-refractivity contribution in [2.75, 3.05) is 44.2 Å². The molecule has 2 saturated heterocycles. The molecular formula is C26H37FN3O8P. The van der Waals surface area contributed by atoms with Crippen LogP contribution in [0.3, 0.4) is 0 Å². The van der Waals surface area contributed by atoms with E-state index in [0.717, 1.165) is 50.2 Å². The summed E-state index contributed by atoms with van der Waals surface area (Å²) in [6.45, 7) is 3.83. The molecule has 216 valence electrons. The lowest BCUT2D eigenvalue weighted by molar-refractivity contribution is -0.140. The van der Waals surface area contributed by atoms with Crippen molar-refractivity contribution < 1.29 is 42.7 Å². The SMILES string of the molecule is O=C1C2CC(O)C(OP(=O)(O)O)CC2C(=O)N1CCCN1CCN(c2cc(F)ccc2OC2CCCC2)CC1. The van der Waals surface area contributed by atoms with Crippen LogP contribution in [0.25, 0.3) is 0 Å². The third kappa shape index (κ3) is 6.64. The molecule has 2 aliphatic heterocycles. The standard InChI is InChI=1S/C26H37FN3O8P/c27-17-6-7-23(37-18-4-1-2-5-18)21(14-17)29-12-10-28(11-13-29)8-3-9-30-25(32)19-15-22(31)24(38-39(34,35)36)16-20(19)26(30)33/h6-7,14,18-20,22,24,31H,1-5,8-13,15-16H2,(H2,34,35,36). The monoisotopic (exact) mass is 569 g/mol. The number of anilines is 1. The second-order valence-corrected chi connectivity index (χ2v) is 12.2. The Balaban J connectivity index is 1.11. The molecule has 13 heteroatoms. The van der Waals surface area contributed by atoms with Gasteiger partial charge in [-0.05, 0) is 63.6 Å². The summed E-state index contributed by atoms with van der Waals surface area (Å²) < 4.78 is 36.2. The lowest BCUT2D eigenvalue weighted by Gasteiger charge is -2.37. The number of rotatable bonds is 9. The van der Waals surface area contributed by atoms with Gasteiger partial charge in [-0.25, -0.2) is 8.96 Å². The number of carbonyl (C=O) groups excluding carboxylic acids is 2. The molecule has 2 saturated carbocycles. The molecule has 0 bridgehead atoms. The van der Waals surface area contributed by atoms with E-state index in [1.54, 1.807) is 6.07 Å². The zero-order chi connectivity index (χ0) is 27.7. The van der Waals surface area contributed by atoms with E-state index in [0.29, 0.717) is 26.1 Å². The zero-order valence-corrected chi connectivity index (χ0v) is 22.8. The highest BCUT2D eigenvalue weighted by atomic mass is 31.2. The number of likely N-dealkylation sites (tertiary alicyclic amines) is 1. The molecule has 5 rings (SSSR count). The predicted octanol–water partition coefficient (Wildman–Crippen LogP) is 1.89. The van der Waals surface area contributed by atoms with Gasteiger partial charge in [0.2, 0.25) is 11.8 Å². The van der Waals surface area contributed by atoms with E-state index in [1.165, 1.54) is 17.0 Å². The third-order valence-corrected chi connectivity index (χ3v) is 8.97. The average Bonchev–Trinajstić information content (AvgIpc) is 3.48. The molecule has 0 radical (unpaired) electrons. The van der Waals surface area contributed by atoms with Gasteiger partial charge < -0.3 is 24.5 Å². The fourth-order valence-electron chi connectivity index (χ4n) is 6.40. The molecule has 2 heterocycles. The van der Waals surface area contributed by atoms with Gasteiger partial charge >= 0.3 is 7.82 Å². The van der Waals surface area contributed by atoms with Gasteiger partial charge in [0.05, 0.1) is 35.8 Å². The van der Waals surface area contributed by atoms with Gasteiger partial charge in [0.15, 0.2) is 0 Å². The van der Waals surface area contributed by atoms with Crippen LogP contribution in [0, 0.1) is 17.7 Å². The van der Waals surface area contributed by atoms with E-state index in [1.807, 2.05) is 0 Å². The van der Waals surface area contributed by atoms with E-state index in [9.17, 15) is 23.7 Å². The number of benzene rings is 1. The molecule has 2 amide bonds. The van der Waals surface area contributed by atoms with Crippen molar-refractivity contribution in [3.05, 3.63) is 24.0 Å². The van der Waals surface area contributed by atoms with E-state index >= 15 is 0 Å². The number of fused-ring (bicyclic) bond motifs is 1. The first-order valence-electron chi connectivity index (χ1n) is 13.8. The van der Waals surface area contributed by atoms with E-state index < -0.39 is 31.9 Å². The van der Waals surface area contributed by atoms with Crippen LogP contribution in [0.15, 0.2) is 18.2 Å². The first-order chi connectivity index (χ1) is 18.6. The number of phosphoric ester groups is 1. The number of nitrogens with zero attached hydrogens (tertiary/aromatic N) is 3. The molecule has 4 fully saturated rings. The summed E-state index contributed by atoms with van der Waals surface area (Å²) in [5, 5.41) is 10.2. The number of ether oxygens (including phenoxy) is 1. The first-order valence-corrected chi connectivity index (χ1v) is 15.3. The number of amides is 2. The smallest absolute Gasteiger partial charge is 0.469 e. The average molecular weight is 570 g/mol. The molecule has 1 aromatic carbocycles. The van der Waals surface area contributed by atoms with E-state index in [2.05, 4.69) is 14.3 Å². The maximum atomic E-state index is 14.1. The summed E-state index contributed by atoms with van der Waals surface area (Å²) >= 11 is 0. The van der Waals surface area contributed by atoms with Crippen LogP contribution >= 0.6 is 7.82 Å². The Kier molecular flexibility index (Phi) is 8.61. The highest BCUT2D eigenvalue weighted by molar-refractivity contribution is 7.46. The fraction of sp³-hybridized carbons (Fsp3) is 0.692. The van der Waals surface area contributed by atoms with E-state index in [4.69, 9.17) is 14.5 Å². The van der Waals surface area contributed by atoms with Gasteiger partial charge in [-0.2, -0.15) is 0 Å². The molecule has 4 aliphatic rings. The molecule has 0 aromatic heterocycles. The summed E-state index contributed by atoms with van der Waals surface area (Å²) in [7, 11) is -4.83. The van der Waals surface area contributed by atoms with Crippen molar-refractivity contribution in [1.82, 2.24) is 9.80 Å². The van der Waals surface area contributed by atoms with Crippen LogP contribution in [0.4, 0.5) is 10.1 Å². The van der Waals surface area contributed by atoms with Gasteiger partial charge in [-0.15, -0.1) is 0 Å². The van der Waals surface area contributed by atoms with Crippen LogP contribution in [0.1, 0.15) is 44.9 Å². The number of phosphoric acid groups is 1. The van der Waals surface area contributed by atoms with Crippen LogP contribution in [-0.2, 0) is 18.7 Å². The Morgan fingerprint density at radius 2 is 1.64 bits per heavy atom. The Labute approximate surface area is 227 Å². The lowest BCUT2D eigenvalue weighted by Crippen LogP contribution is -2.47. The second-order valence-electron chi connectivity index (χ2n) is 11.0. The minimum Gasteiger partial charge on any atom is -0.488 e. The Morgan fingerprint density at radius 3 is 2.31 bits per heavy atom. The highest BCUT2D eigenvalue weighted by Gasteiger charge is 2.53. The number of aliphatic hydroxyl groups excluding tert-OH is 1. The molecule has 39 heavy (non-hydrogen) atoms. The quantitative estimate of drug-likeness (QED) is 0.298. The fourth-order valence-corrected chi connectivity index (χ4v) is 6.98. The molecule has 4 atom stereocenters. The van der Waals surface area contributed by atoms with Crippen LogP contribution in [0.2, 0.25) is 0 Å². The molecule has 0 spiro atoms. The first kappa shape index (κ1) is 28.4. The molecular weight excluding hydrogens is 532 g/mol. The summed E-state index contributed by atoms with van der Waals surface area (Å²) in [6.07, 6.45) is 2.54. The predicted molar refractivity (Wildman–Crippen MR) is 138 cm³/mol. The number of piperazine rings is 1. The number of hydrogen-bond acceptors (Lipinski definition) is 8. The summed E-state index contributed by atoms with van der Waals surface area (Å²) in [5.41, 5.74) is 0.778. The minimum absolute atomic E-state index is 0.0646. The number of hydrogen-bond donors (Lipinski definition) is 3. The maximum absolute atomic E-state index is 14.1. The maximum Gasteiger partial charge on any atom is 0.469 e. The number of carbonyl (C=O) groups is 2. The molecule has 2 aliphatic carbocycles. The van der Waals surface area contributed by atoms with Crippen molar-refractivity contribution in [3.8, 4) is 5.75 Å². The van der Waals surface area contributed by atoms with Crippen LogP contribution in [0.5, 0.6) is 5.75 Å². The normalized spacial score (nSPS) is 28.8. The van der Waals surface area contributed by atoms with Crippen LogP contribution < -0.4 is 9.64 Å². The molecule has 11 nitrogen and oxygen atoms in total. The molecule has 1 aromatic rings. The molecule has 3 N–H and O–H groups in total. The number of aliphatic hydroxyl groups is 1. The Hall–Kier alpha value is -2.08. The largest absolute Gasteiger partial charge is 0.488 e. The molecule has 4 unspecified atom stereocenters. The summed E-state index contributed by atoms with van der Waals surface area (Å²) in [5.74, 6) is -1.72. The minimum atomic E-state index is -4.83. The highest BCUT2D eigenvalue weighted by Crippen LogP contribution is 2.46. The van der Waals surface area contributed by atoms with Crippen molar-refractivity contribution in [1.29, 1.82) is 0 Å². The Morgan fingerprint density at radius 1 is 0.974 bits per heavy atom. The third-order valence-electron chi connectivity index (χ3n) is 8.42. The van der Waals surface area contributed by atoms with Gasteiger partial charge in [-0.1, -0.05) is 0 Å². The van der Waals surface area contributed by atoms with Crippen molar-refractivity contribution in [2.24, 2.45) is 11.8 Å².